The second-order valence-corrected chi connectivity index (χ2v) is 9.96. The van der Waals surface area contributed by atoms with E-state index in [1.807, 2.05) is 17.9 Å². The van der Waals surface area contributed by atoms with Crippen molar-refractivity contribution in [1.82, 2.24) is 4.98 Å². The zero-order valence-electron chi connectivity index (χ0n) is 17.5. The number of hydrogen-bond acceptors (Lipinski definition) is 6. The van der Waals surface area contributed by atoms with E-state index in [1.54, 1.807) is 30.3 Å². The summed E-state index contributed by atoms with van der Waals surface area (Å²) in [7, 11) is -3.91. The highest BCUT2D eigenvalue weighted by molar-refractivity contribution is 7.91. The number of aromatic nitrogens is 1. The molecule has 4 rings (SSSR count). The van der Waals surface area contributed by atoms with Crippen molar-refractivity contribution in [3.63, 3.8) is 0 Å². The summed E-state index contributed by atoms with van der Waals surface area (Å²) in [4.78, 5) is 6.54. The van der Waals surface area contributed by atoms with Crippen LogP contribution in [0.2, 0.25) is 5.02 Å². The number of anilines is 1. The first-order valence-corrected chi connectivity index (χ1v) is 12.2. The molecule has 0 N–H and O–H groups in total. The number of hydrogen-bond donors (Lipinski definition) is 0. The van der Waals surface area contributed by atoms with Crippen LogP contribution in [0.3, 0.4) is 0 Å². The summed E-state index contributed by atoms with van der Waals surface area (Å²) < 4.78 is 38.6. The van der Waals surface area contributed by atoms with Crippen LogP contribution < -0.4 is 9.64 Å². The second-order valence-electron chi connectivity index (χ2n) is 7.69. The lowest BCUT2D eigenvalue weighted by molar-refractivity contribution is 0.340. The third kappa shape index (κ3) is 4.43. The largest absolute Gasteiger partial charge is 0.494 e. The first-order chi connectivity index (χ1) is 14.9. The van der Waals surface area contributed by atoms with Gasteiger partial charge in [0, 0.05) is 13.1 Å². The van der Waals surface area contributed by atoms with Gasteiger partial charge < -0.3 is 14.1 Å². The molecule has 1 fully saturated rings. The Morgan fingerprint density at radius 3 is 2.45 bits per heavy atom. The summed E-state index contributed by atoms with van der Waals surface area (Å²) in [6, 6.07) is 13.5. The molecule has 2 aromatic carbocycles. The molecule has 2 heterocycles. The third-order valence-corrected chi connectivity index (χ3v) is 7.45. The van der Waals surface area contributed by atoms with Crippen molar-refractivity contribution in [2.75, 3.05) is 24.6 Å². The number of rotatable bonds is 6. The van der Waals surface area contributed by atoms with E-state index in [2.05, 4.69) is 11.9 Å². The van der Waals surface area contributed by atoms with Crippen LogP contribution in [0, 0.1) is 5.92 Å². The predicted molar refractivity (Wildman–Crippen MR) is 121 cm³/mol. The summed E-state index contributed by atoms with van der Waals surface area (Å²) in [6.45, 7) is 6.01. The van der Waals surface area contributed by atoms with E-state index in [1.165, 1.54) is 12.1 Å². The van der Waals surface area contributed by atoms with Crippen molar-refractivity contribution >= 4 is 27.3 Å². The number of piperidine rings is 1. The van der Waals surface area contributed by atoms with Crippen LogP contribution in [-0.4, -0.2) is 33.1 Å². The molecule has 6 nitrogen and oxygen atoms in total. The predicted octanol–water partition coefficient (Wildman–Crippen LogP) is 5.46. The van der Waals surface area contributed by atoms with Gasteiger partial charge in [0.25, 0.3) is 0 Å². The molecule has 3 aromatic rings. The quantitative estimate of drug-likeness (QED) is 0.486. The average Bonchev–Trinajstić information content (AvgIpc) is 3.21. The highest BCUT2D eigenvalue weighted by Gasteiger charge is 2.33. The molecule has 0 bridgehead atoms. The lowest BCUT2D eigenvalue weighted by Crippen LogP contribution is -2.33. The average molecular weight is 461 g/mol. The molecule has 0 spiro atoms. The van der Waals surface area contributed by atoms with E-state index in [0.29, 0.717) is 41.9 Å². The van der Waals surface area contributed by atoms with Gasteiger partial charge in [-0.25, -0.2) is 8.42 Å². The molecule has 8 heteroatoms. The van der Waals surface area contributed by atoms with Gasteiger partial charge in [0.1, 0.15) is 5.75 Å². The molecule has 1 aliphatic heterocycles. The van der Waals surface area contributed by atoms with E-state index in [-0.39, 0.29) is 21.7 Å². The lowest BCUT2D eigenvalue weighted by Gasteiger charge is -2.30. The Bertz CT molecular complexity index is 1150. The fraction of sp³-hybridized carbons (Fsp3) is 0.348. The number of nitrogens with zero attached hydrogens (tertiary/aromatic N) is 2. The first-order valence-electron chi connectivity index (χ1n) is 10.4. The topological polar surface area (TPSA) is 72.6 Å². The van der Waals surface area contributed by atoms with E-state index in [0.717, 1.165) is 12.8 Å². The monoisotopic (exact) mass is 460 g/mol. The molecule has 0 unspecified atom stereocenters. The number of oxazole rings is 1. The van der Waals surface area contributed by atoms with Gasteiger partial charge in [-0.05, 0) is 62.1 Å². The Kier molecular flexibility index (Phi) is 6.25. The standard InChI is InChI=1S/C23H25ClN2O4S/c1-3-29-17-8-10-18(11-9-17)31(27,28)22-23(26-14-12-16(2)13-15-26)30-21(25-22)19-6-4-5-7-20(19)24/h4-11,16H,3,12-15H2,1-2H3. The van der Waals surface area contributed by atoms with Gasteiger partial charge in [0.2, 0.25) is 26.6 Å². The Morgan fingerprint density at radius 2 is 1.81 bits per heavy atom. The van der Waals surface area contributed by atoms with Gasteiger partial charge in [-0.1, -0.05) is 30.7 Å². The Labute approximate surface area is 187 Å². The minimum atomic E-state index is -3.91. The summed E-state index contributed by atoms with van der Waals surface area (Å²) in [5.41, 5.74) is 0.559. The van der Waals surface area contributed by atoms with Gasteiger partial charge in [-0.2, -0.15) is 4.98 Å². The van der Waals surface area contributed by atoms with Crippen molar-refractivity contribution in [1.29, 1.82) is 0 Å². The zero-order chi connectivity index (χ0) is 22.0. The van der Waals surface area contributed by atoms with Gasteiger partial charge in [0.05, 0.1) is 22.1 Å². The van der Waals surface area contributed by atoms with E-state index >= 15 is 0 Å². The number of halogens is 1. The van der Waals surface area contributed by atoms with Crippen molar-refractivity contribution in [2.24, 2.45) is 5.92 Å². The molecule has 1 aromatic heterocycles. The molecule has 0 atom stereocenters. The van der Waals surface area contributed by atoms with Crippen molar-refractivity contribution in [3.05, 3.63) is 53.6 Å². The van der Waals surface area contributed by atoms with E-state index in [9.17, 15) is 8.42 Å². The molecule has 164 valence electrons. The minimum Gasteiger partial charge on any atom is -0.494 e. The zero-order valence-corrected chi connectivity index (χ0v) is 19.1. The molecule has 1 saturated heterocycles. The molecule has 0 aliphatic carbocycles. The maximum absolute atomic E-state index is 13.5. The Balaban J connectivity index is 1.80. The fourth-order valence-electron chi connectivity index (χ4n) is 3.63. The summed E-state index contributed by atoms with van der Waals surface area (Å²) in [5.74, 6) is 1.68. The van der Waals surface area contributed by atoms with Crippen molar-refractivity contribution < 1.29 is 17.6 Å². The van der Waals surface area contributed by atoms with Crippen LogP contribution in [-0.2, 0) is 9.84 Å². The normalized spacial score (nSPS) is 15.3. The smallest absolute Gasteiger partial charge is 0.236 e. The second kappa shape index (κ2) is 8.93. The van der Waals surface area contributed by atoms with Crippen molar-refractivity contribution in [2.45, 2.75) is 36.6 Å². The molecule has 0 amide bonds. The third-order valence-electron chi connectivity index (χ3n) is 5.45. The molecular formula is C23H25ClN2O4S. The van der Waals surface area contributed by atoms with Crippen LogP contribution >= 0.6 is 11.6 Å². The van der Waals surface area contributed by atoms with Gasteiger partial charge >= 0.3 is 0 Å². The lowest BCUT2D eigenvalue weighted by atomic mass is 9.99. The molecule has 0 radical (unpaired) electrons. The van der Waals surface area contributed by atoms with E-state index in [4.69, 9.17) is 20.8 Å². The molecule has 0 saturated carbocycles. The van der Waals surface area contributed by atoms with Crippen LogP contribution in [0.15, 0.2) is 62.9 Å². The number of benzene rings is 2. The first kappa shape index (κ1) is 21.7. The highest BCUT2D eigenvalue weighted by atomic mass is 35.5. The van der Waals surface area contributed by atoms with Crippen molar-refractivity contribution in [3.8, 4) is 17.2 Å². The van der Waals surface area contributed by atoms with Gasteiger partial charge in [-0.3, -0.25) is 0 Å². The summed E-state index contributed by atoms with van der Waals surface area (Å²) in [5, 5.41) is 0.369. The van der Waals surface area contributed by atoms with Crippen LogP contribution in [0.1, 0.15) is 26.7 Å². The number of ether oxygens (including phenoxy) is 1. The molecule has 1 aliphatic rings. The summed E-state index contributed by atoms with van der Waals surface area (Å²) >= 11 is 6.33. The van der Waals surface area contributed by atoms with Gasteiger partial charge in [-0.15, -0.1) is 0 Å². The molecular weight excluding hydrogens is 436 g/mol. The van der Waals surface area contributed by atoms with Crippen LogP contribution in [0.4, 0.5) is 5.88 Å². The Hall–Kier alpha value is -2.51. The highest BCUT2D eigenvalue weighted by Crippen LogP contribution is 2.38. The summed E-state index contributed by atoms with van der Waals surface area (Å²) in [6.07, 6.45) is 1.93. The SMILES string of the molecule is CCOc1ccc(S(=O)(=O)c2nc(-c3ccccc3Cl)oc2N2CCC(C)CC2)cc1. The number of sulfone groups is 1. The Morgan fingerprint density at radius 1 is 1.13 bits per heavy atom. The van der Waals surface area contributed by atoms with Gasteiger partial charge in [0.15, 0.2) is 0 Å². The minimum absolute atomic E-state index is 0.0823. The maximum Gasteiger partial charge on any atom is 0.236 e. The molecule has 31 heavy (non-hydrogen) atoms. The van der Waals surface area contributed by atoms with Crippen LogP contribution in [0.5, 0.6) is 5.75 Å². The maximum atomic E-state index is 13.5. The van der Waals surface area contributed by atoms with E-state index < -0.39 is 9.84 Å². The fourth-order valence-corrected chi connectivity index (χ4v) is 5.17. The van der Waals surface area contributed by atoms with Crippen LogP contribution in [0.25, 0.3) is 11.5 Å².